The fourth-order valence-corrected chi connectivity index (χ4v) is 3.33. The molecule has 0 radical (unpaired) electrons. The first kappa shape index (κ1) is 16.1. The average Bonchev–Trinajstić information content (AvgIpc) is 2.48. The molecule has 1 aromatic rings. The summed E-state index contributed by atoms with van der Waals surface area (Å²) < 4.78 is 5.62. The number of hydrogen-bond donors (Lipinski definition) is 0. The molecule has 0 amide bonds. The van der Waals surface area contributed by atoms with Crippen molar-refractivity contribution in [3.8, 4) is 5.75 Å². The number of Topliss-reactive ketones (excluding diaryl/α,β-unsaturated/α-hetero) is 1. The number of hydrogen-bond acceptors (Lipinski definition) is 2. The second kappa shape index (κ2) is 7.63. The van der Waals surface area contributed by atoms with Gasteiger partial charge >= 0.3 is 0 Å². The summed E-state index contributed by atoms with van der Waals surface area (Å²) in [6, 6.07) is 7.66. The Labute approximate surface area is 128 Å². The number of ketones is 1. The standard InChI is InChI=1S/C19H28O2/c1-4-5-15-6-8-16(9-7-15)19(20)17-10-12-18(13-11-17)21-14(2)3/h10-16H,4-9H2,1-3H3. The number of rotatable bonds is 6. The molecule has 2 heteroatoms. The van der Waals surface area contributed by atoms with Crippen LogP contribution < -0.4 is 4.74 Å². The maximum Gasteiger partial charge on any atom is 0.165 e. The van der Waals surface area contributed by atoms with Crippen molar-refractivity contribution in [2.24, 2.45) is 11.8 Å². The van der Waals surface area contributed by atoms with Gasteiger partial charge < -0.3 is 4.74 Å². The van der Waals surface area contributed by atoms with E-state index in [4.69, 9.17) is 4.74 Å². The molecule has 1 fully saturated rings. The summed E-state index contributed by atoms with van der Waals surface area (Å²) in [4.78, 5) is 12.6. The minimum absolute atomic E-state index is 0.167. The minimum atomic E-state index is 0.167. The molecular formula is C19H28O2. The van der Waals surface area contributed by atoms with Crippen LogP contribution in [0.1, 0.15) is 69.7 Å². The smallest absolute Gasteiger partial charge is 0.165 e. The molecule has 0 saturated heterocycles. The molecule has 2 rings (SSSR count). The van der Waals surface area contributed by atoms with E-state index < -0.39 is 0 Å². The highest BCUT2D eigenvalue weighted by atomic mass is 16.5. The molecular weight excluding hydrogens is 260 g/mol. The van der Waals surface area contributed by atoms with Crippen LogP contribution in [0.3, 0.4) is 0 Å². The van der Waals surface area contributed by atoms with Crippen LogP contribution in [0.5, 0.6) is 5.75 Å². The Bertz CT molecular complexity index is 439. The summed E-state index contributed by atoms with van der Waals surface area (Å²) in [6.07, 6.45) is 7.32. The zero-order valence-electron chi connectivity index (χ0n) is 13.6. The molecule has 0 aromatic heterocycles. The van der Waals surface area contributed by atoms with Crippen LogP contribution in [0.4, 0.5) is 0 Å². The van der Waals surface area contributed by atoms with Gasteiger partial charge in [0.15, 0.2) is 5.78 Å². The van der Waals surface area contributed by atoms with Crippen molar-refractivity contribution in [2.75, 3.05) is 0 Å². The molecule has 1 aliphatic rings. The van der Waals surface area contributed by atoms with Crippen molar-refractivity contribution in [2.45, 2.75) is 65.4 Å². The third-order valence-corrected chi connectivity index (χ3v) is 4.43. The molecule has 0 N–H and O–H groups in total. The predicted molar refractivity (Wildman–Crippen MR) is 86.9 cm³/mol. The van der Waals surface area contributed by atoms with E-state index in [-0.39, 0.29) is 12.0 Å². The zero-order valence-corrected chi connectivity index (χ0v) is 13.6. The van der Waals surface area contributed by atoms with E-state index in [1.807, 2.05) is 38.1 Å². The molecule has 0 aliphatic heterocycles. The molecule has 21 heavy (non-hydrogen) atoms. The van der Waals surface area contributed by atoms with Gasteiger partial charge in [0, 0.05) is 11.5 Å². The lowest BCUT2D eigenvalue weighted by atomic mass is 9.77. The van der Waals surface area contributed by atoms with Crippen LogP contribution in [-0.2, 0) is 0 Å². The second-order valence-electron chi connectivity index (χ2n) is 6.56. The van der Waals surface area contributed by atoms with Crippen molar-refractivity contribution >= 4 is 5.78 Å². The van der Waals surface area contributed by atoms with Crippen molar-refractivity contribution in [3.63, 3.8) is 0 Å². The van der Waals surface area contributed by atoms with Crippen LogP contribution in [0.2, 0.25) is 0 Å². The lowest BCUT2D eigenvalue weighted by molar-refractivity contribution is 0.0870. The quantitative estimate of drug-likeness (QED) is 0.667. The number of benzene rings is 1. The Morgan fingerprint density at radius 1 is 1.14 bits per heavy atom. The Morgan fingerprint density at radius 3 is 2.29 bits per heavy atom. The topological polar surface area (TPSA) is 26.3 Å². The van der Waals surface area contributed by atoms with Gasteiger partial charge in [-0.15, -0.1) is 0 Å². The molecule has 1 saturated carbocycles. The van der Waals surface area contributed by atoms with Gasteiger partial charge in [0.25, 0.3) is 0 Å². The van der Waals surface area contributed by atoms with Crippen molar-refractivity contribution in [1.29, 1.82) is 0 Å². The normalized spacial score (nSPS) is 22.3. The molecule has 0 unspecified atom stereocenters. The van der Waals surface area contributed by atoms with Gasteiger partial charge in [0.2, 0.25) is 0 Å². The van der Waals surface area contributed by atoms with Crippen molar-refractivity contribution in [3.05, 3.63) is 29.8 Å². The molecule has 0 spiro atoms. The van der Waals surface area contributed by atoms with E-state index in [1.165, 1.54) is 25.7 Å². The molecule has 0 atom stereocenters. The van der Waals surface area contributed by atoms with E-state index in [2.05, 4.69) is 6.92 Å². The van der Waals surface area contributed by atoms with Gasteiger partial charge in [-0.1, -0.05) is 19.8 Å². The predicted octanol–water partition coefficient (Wildman–Crippen LogP) is 5.26. The second-order valence-corrected chi connectivity index (χ2v) is 6.56. The third-order valence-electron chi connectivity index (χ3n) is 4.43. The summed E-state index contributed by atoms with van der Waals surface area (Å²) >= 11 is 0. The summed E-state index contributed by atoms with van der Waals surface area (Å²) in [5.74, 6) is 2.24. The maximum atomic E-state index is 12.6. The molecule has 0 bridgehead atoms. The van der Waals surface area contributed by atoms with Gasteiger partial charge in [0.1, 0.15) is 5.75 Å². The fourth-order valence-electron chi connectivity index (χ4n) is 3.33. The molecule has 116 valence electrons. The highest BCUT2D eigenvalue weighted by molar-refractivity contribution is 5.98. The Kier molecular flexibility index (Phi) is 5.84. The van der Waals surface area contributed by atoms with Crippen LogP contribution in [0, 0.1) is 11.8 Å². The fraction of sp³-hybridized carbons (Fsp3) is 0.632. The monoisotopic (exact) mass is 288 g/mol. The van der Waals surface area contributed by atoms with E-state index in [0.29, 0.717) is 5.78 Å². The lowest BCUT2D eigenvalue weighted by Crippen LogP contribution is -2.22. The average molecular weight is 288 g/mol. The van der Waals surface area contributed by atoms with Gasteiger partial charge in [-0.2, -0.15) is 0 Å². The molecule has 1 aliphatic carbocycles. The van der Waals surface area contributed by atoms with E-state index in [0.717, 1.165) is 30.1 Å². The van der Waals surface area contributed by atoms with E-state index in [1.54, 1.807) is 0 Å². The van der Waals surface area contributed by atoms with E-state index in [9.17, 15) is 4.79 Å². The lowest BCUT2D eigenvalue weighted by Gasteiger charge is -2.27. The van der Waals surface area contributed by atoms with Crippen LogP contribution >= 0.6 is 0 Å². The summed E-state index contributed by atoms with van der Waals surface area (Å²) in [5.41, 5.74) is 0.838. The van der Waals surface area contributed by atoms with Crippen molar-refractivity contribution in [1.82, 2.24) is 0 Å². The Balaban J connectivity index is 1.91. The minimum Gasteiger partial charge on any atom is -0.491 e. The van der Waals surface area contributed by atoms with E-state index >= 15 is 0 Å². The summed E-state index contributed by atoms with van der Waals surface area (Å²) in [5, 5.41) is 0. The maximum absolute atomic E-state index is 12.6. The first-order valence-electron chi connectivity index (χ1n) is 8.41. The number of carbonyl (C=O) groups is 1. The highest BCUT2D eigenvalue weighted by Gasteiger charge is 2.26. The zero-order chi connectivity index (χ0) is 15.2. The van der Waals surface area contributed by atoms with Crippen LogP contribution in [-0.4, -0.2) is 11.9 Å². The van der Waals surface area contributed by atoms with Gasteiger partial charge in [-0.05, 0) is 69.7 Å². The van der Waals surface area contributed by atoms with Crippen LogP contribution in [0.25, 0.3) is 0 Å². The number of ether oxygens (including phenoxy) is 1. The molecule has 1 aromatic carbocycles. The third kappa shape index (κ3) is 4.59. The van der Waals surface area contributed by atoms with Crippen molar-refractivity contribution < 1.29 is 9.53 Å². The summed E-state index contributed by atoms with van der Waals surface area (Å²) in [7, 11) is 0. The van der Waals surface area contributed by atoms with Gasteiger partial charge in [0.05, 0.1) is 6.10 Å². The van der Waals surface area contributed by atoms with Gasteiger partial charge in [-0.3, -0.25) is 4.79 Å². The van der Waals surface area contributed by atoms with Crippen LogP contribution in [0.15, 0.2) is 24.3 Å². The SMILES string of the molecule is CCCC1CCC(C(=O)c2ccc(OC(C)C)cc2)CC1. The van der Waals surface area contributed by atoms with Gasteiger partial charge in [-0.25, -0.2) is 0 Å². The molecule has 2 nitrogen and oxygen atoms in total. The first-order valence-corrected chi connectivity index (χ1v) is 8.41. The highest BCUT2D eigenvalue weighted by Crippen LogP contribution is 2.33. The Morgan fingerprint density at radius 2 is 1.76 bits per heavy atom. The largest absolute Gasteiger partial charge is 0.491 e. The molecule has 0 heterocycles. The summed E-state index contributed by atoms with van der Waals surface area (Å²) in [6.45, 7) is 6.26. The number of carbonyl (C=O) groups excluding carboxylic acids is 1. The first-order chi connectivity index (χ1) is 10.1. The Hall–Kier alpha value is -1.31.